The first kappa shape index (κ1) is 17.9. The summed E-state index contributed by atoms with van der Waals surface area (Å²) in [4.78, 5) is 47.5. The average molecular weight is 410 g/mol. The van der Waals surface area contributed by atoms with E-state index in [1.54, 1.807) is 54.4 Å². The molecule has 0 radical (unpaired) electrons. The molecule has 3 aromatic rings. The minimum absolute atomic E-state index is 0.236. The predicted molar refractivity (Wildman–Crippen MR) is 115 cm³/mol. The zero-order chi connectivity index (χ0) is 21.3. The summed E-state index contributed by atoms with van der Waals surface area (Å²) in [6, 6.07) is 24.0. The van der Waals surface area contributed by atoms with Crippen molar-refractivity contribution >= 4 is 34.9 Å². The van der Waals surface area contributed by atoms with Gasteiger partial charge >= 0.3 is 6.03 Å². The number of hydrogen-bond acceptors (Lipinski definition) is 4. The smallest absolute Gasteiger partial charge is 0.272 e. The molecular weight excluding hydrogens is 392 g/mol. The molecule has 7 nitrogen and oxygen atoms in total. The van der Waals surface area contributed by atoms with Crippen molar-refractivity contribution in [2.24, 2.45) is 0 Å². The van der Waals surface area contributed by atoms with E-state index in [-0.39, 0.29) is 5.91 Å². The zero-order valence-corrected chi connectivity index (χ0v) is 16.7. The van der Waals surface area contributed by atoms with Gasteiger partial charge in [0.1, 0.15) is 6.04 Å². The van der Waals surface area contributed by atoms with Gasteiger partial charge < -0.3 is 0 Å². The van der Waals surface area contributed by atoms with E-state index in [2.05, 4.69) is 0 Å². The van der Waals surface area contributed by atoms with Crippen LogP contribution in [0.2, 0.25) is 0 Å². The lowest BCUT2D eigenvalue weighted by Crippen LogP contribution is -2.68. The van der Waals surface area contributed by atoms with Crippen LogP contribution in [0.4, 0.5) is 21.9 Å². The largest absolute Gasteiger partial charge is 0.339 e. The third-order valence-corrected chi connectivity index (χ3v) is 6.33. The van der Waals surface area contributed by atoms with Gasteiger partial charge in [0.25, 0.3) is 17.6 Å². The van der Waals surface area contributed by atoms with E-state index in [1.807, 2.05) is 42.5 Å². The molecule has 3 heterocycles. The number of carbonyl (C=O) groups is 3. The summed E-state index contributed by atoms with van der Waals surface area (Å²) in [5.74, 6) is -2.31. The van der Waals surface area contributed by atoms with Crippen LogP contribution >= 0.6 is 0 Å². The van der Waals surface area contributed by atoms with Crippen LogP contribution in [0.1, 0.15) is 11.6 Å². The minimum Gasteiger partial charge on any atom is -0.272 e. The number of likely N-dealkylation sites (N-methyl/N-ethyl adjacent to an activating group) is 1. The number of carbonyl (C=O) groups excluding carboxylic acids is 3. The number of nitrogens with zero attached hydrogens (tertiary/aromatic N) is 4. The first-order chi connectivity index (χ1) is 15.1. The van der Waals surface area contributed by atoms with Gasteiger partial charge in [-0.25, -0.2) is 19.5 Å². The van der Waals surface area contributed by atoms with Gasteiger partial charge in [-0.15, -0.1) is 0 Å². The van der Waals surface area contributed by atoms with Gasteiger partial charge in [0, 0.05) is 11.3 Å². The van der Waals surface area contributed by atoms with E-state index < -0.39 is 23.8 Å². The van der Waals surface area contributed by atoms with E-state index >= 15 is 0 Å². The zero-order valence-electron chi connectivity index (χ0n) is 16.7. The van der Waals surface area contributed by atoms with Crippen LogP contribution in [0, 0.1) is 0 Å². The Bertz CT molecular complexity index is 1250. The molecule has 2 saturated heterocycles. The van der Waals surface area contributed by atoms with Crippen LogP contribution in [0.3, 0.4) is 0 Å². The number of amides is 4. The molecule has 0 aliphatic carbocycles. The number of benzene rings is 3. The van der Waals surface area contributed by atoms with E-state index in [9.17, 15) is 14.4 Å². The molecule has 6 rings (SSSR count). The molecule has 0 aromatic heterocycles. The lowest BCUT2D eigenvalue weighted by molar-refractivity contribution is -0.126. The molecule has 3 aliphatic heterocycles. The number of urea groups is 1. The van der Waals surface area contributed by atoms with Crippen LogP contribution < -0.4 is 14.7 Å². The summed E-state index contributed by atoms with van der Waals surface area (Å²) in [6.45, 7) is 0. The third kappa shape index (κ3) is 1.98. The minimum atomic E-state index is -1.61. The highest BCUT2D eigenvalue weighted by Gasteiger charge is 2.74. The van der Waals surface area contributed by atoms with Crippen molar-refractivity contribution in [3.63, 3.8) is 0 Å². The number of anilines is 3. The van der Waals surface area contributed by atoms with E-state index in [1.165, 1.54) is 14.7 Å². The molecule has 152 valence electrons. The molecule has 1 spiro atoms. The summed E-state index contributed by atoms with van der Waals surface area (Å²) in [7, 11) is 1.73. The molecule has 31 heavy (non-hydrogen) atoms. The second-order valence-electron chi connectivity index (χ2n) is 7.81. The Kier molecular flexibility index (Phi) is 3.47. The molecule has 3 aromatic carbocycles. The van der Waals surface area contributed by atoms with Crippen molar-refractivity contribution in [2.75, 3.05) is 21.7 Å². The van der Waals surface area contributed by atoms with Crippen LogP contribution in [-0.4, -0.2) is 35.6 Å². The van der Waals surface area contributed by atoms with Gasteiger partial charge in [-0.3, -0.25) is 14.5 Å². The number of para-hydroxylation sites is 3. The van der Waals surface area contributed by atoms with Crippen LogP contribution in [0.5, 0.6) is 0 Å². The molecule has 2 bridgehead atoms. The lowest BCUT2D eigenvalue weighted by Gasteiger charge is -2.45. The highest BCUT2D eigenvalue weighted by Crippen LogP contribution is 2.55. The summed E-state index contributed by atoms with van der Waals surface area (Å²) in [6.07, 6.45) is 0. The maximum Gasteiger partial charge on any atom is 0.339 e. The van der Waals surface area contributed by atoms with Crippen molar-refractivity contribution in [1.82, 2.24) is 4.90 Å². The molecule has 0 N–H and O–H groups in total. The Balaban J connectivity index is 1.67. The highest BCUT2D eigenvalue weighted by molar-refractivity contribution is 6.34. The van der Waals surface area contributed by atoms with Crippen LogP contribution in [0.25, 0.3) is 0 Å². The molecule has 0 saturated carbocycles. The lowest BCUT2D eigenvalue weighted by atomic mass is 9.99. The Morgan fingerprint density at radius 3 is 1.97 bits per heavy atom. The predicted octanol–water partition coefficient (Wildman–Crippen LogP) is 3.35. The third-order valence-electron chi connectivity index (χ3n) is 6.33. The first-order valence-electron chi connectivity index (χ1n) is 10.0. The van der Waals surface area contributed by atoms with Crippen molar-refractivity contribution in [1.29, 1.82) is 0 Å². The topological polar surface area (TPSA) is 64.2 Å². The second-order valence-corrected chi connectivity index (χ2v) is 7.81. The van der Waals surface area contributed by atoms with Crippen molar-refractivity contribution < 1.29 is 14.4 Å². The van der Waals surface area contributed by atoms with Gasteiger partial charge in [0.05, 0.1) is 11.4 Å². The van der Waals surface area contributed by atoms with Crippen molar-refractivity contribution in [2.45, 2.75) is 11.8 Å². The van der Waals surface area contributed by atoms with Crippen LogP contribution in [-0.2, 0) is 9.59 Å². The number of hydrogen-bond donors (Lipinski definition) is 0. The molecule has 2 fully saturated rings. The van der Waals surface area contributed by atoms with Crippen LogP contribution in [0.15, 0.2) is 84.9 Å². The molecule has 3 aliphatic rings. The van der Waals surface area contributed by atoms with Gasteiger partial charge in [0.15, 0.2) is 0 Å². The molecule has 7 heteroatoms. The Labute approximate surface area is 178 Å². The van der Waals surface area contributed by atoms with E-state index in [0.29, 0.717) is 22.6 Å². The normalized spacial score (nSPS) is 24.6. The Hall–Kier alpha value is -3.97. The number of imide groups is 1. The Morgan fingerprint density at radius 1 is 0.710 bits per heavy atom. The average Bonchev–Trinajstić information content (AvgIpc) is 3.12. The maximum atomic E-state index is 14.1. The fourth-order valence-corrected chi connectivity index (χ4v) is 5.07. The van der Waals surface area contributed by atoms with Gasteiger partial charge in [-0.1, -0.05) is 54.6 Å². The van der Waals surface area contributed by atoms with Gasteiger partial charge in [-0.05, 0) is 37.4 Å². The summed E-state index contributed by atoms with van der Waals surface area (Å²) in [5, 5.41) is 0. The molecular formula is C24H18N4O3. The first-order valence-corrected chi connectivity index (χ1v) is 10.0. The fourth-order valence-electron chi connectivity index (χ4n) is 5.07. The fraction of sp³-hybridized carbons (Fsp3) is 0.125. The highest BCUT2D eigenvalue weighted by atomic mass is 16.2. The Morgan fingerprint density at radius 2 is 1.29 bits per heavy atom. The van der Waals surface area contributed by atoms with Crippen molar-refractivity contribution in [3.8, 4) is 0 Å². The number of rotatable bonds is 2. The monoisotopic (exact) mass is 410 g/mol. The molecule has 2 atom stereocenters. The summed E-state index contributed by atoms with van der Waals surface area (Å²) >= 11 is 0. The van der Waals surface area contributed by atoms with E-state index in [4.69, 9.17) is 0 Å². The van der Waals surface area contributed by atoms with Crippen molar-refractivity contribution in [3.05, 3.63) is 90.5 Å². The summed E-state index contributed by atoms with van der Waals surface area (Å²) in [5.41, 5.74) is 2.32. The standard InChI is InChI=1S/C24H18N4O3/c1-25-20-18-14-8-9-15-19(18)28-23(31)26(16-10-4-2-5-11-16)22(30)24(25,28)27(21(20)29)17-12-6-3-7-13-17/h2-15,20H,1H3. The quantitative estimate of drug-likeness (QED) is 0.608. The number of fused-ring (bicyclic) bond motifs is 4. The van der Waals surface area contributed by atoms with Gasteiger partial charge in [-0.2, -0.15) is 0 Å². The molecule has 2 unspecified atom stereocenters. The maximum absolute atomic E-state index is 14.1. The van der Waals surface area contributed by atoms with Gasteiger partial charge in [0.2, 0.25) is 0 Å². The molecule has 4 amide bonds. The van der Waals surface area contributed by atoms with E-state index in [0.717, 1.165) is 0 Å². The second kappa shape index (κ2) is 6.02. The SMILES string of the molecule is CN1C2C(=O)N(c3ccccc3)C13C(=O)N(c1ccccc1)C(=O)N3c1ccccc12. The summed E-state index contributed by atoms with van der Waals surface area (Å²) < 4.78 is 0.